The molecule has 0 radical (unpaired) electrons. The number of rotatable bonds is 5. The van der Waals surface area contributed by atoms with Crippen LogP contribution in [-0.2, 0) is 5.41 Å². The zero-order valence-electron chi connectivity index (χ0n) is 28.8. The fourth-order valence-electron chi connectivity index (χ4n) is 7.92. The molecule has 9 aromatic rings. The lowest BCUT2D eigenvalue weighted by Crippen LogP contribution is -2.28. The minimum Gasteiger partial charge on any atom is -0.293 e. The van der Waals surface area contributed by atoms with Crippen LogP contribution in [-0.4, -0.2) is 24.5 Å². The third-order valence-electron chi connectivity index (χ3n) is 10.5. The Labute approximate surface area is 302 Å². The Hall–Kier alpha value is -6.72. The molecule has 0 amide bonds. The van der Waals surface area contributed by atoms with Crippen LogP contribution in [0.1, 0.15) is 25.0 Å². The van der Waals surface area contributed by atoms with Gasteiger partial charge in [0.05, 0.1) is 11.0 Å². The van der Waals surface area contributed by atoms with E-state index in [1.54, 1.807) is 0 Å². The van der Waals surface area contributed by atoms with E-state index in [4.69, 9.17) is 19.9 Å². The molecule has 52 heavy (non-hydrogen) atoms. The van der Waals surface area contributed by atoms with Gasteiger partial charge in [0, 0.05) is 44.6 Å². The fourth-order valence-corrected chi connectivity index (χ4v) is 7.92. The van der Waals surface area contributed by atoms with Crippen LogP contribution in [0.5, 0.6) is 0 Å². The van der Waals surface area contributed by atoms with Gasteiger partial charge in [-0.3, -0.25) is 4.57 Å². The van der Waals surface area contributed by atoms with Crippen molar-refractivity contribution >= 4 is 21.8 Å². The summed E-state index contributed by atoms with van der Waals surface area (Å²) in [5.74, 6) is 2.78. The Bertz CT molecular complexity index is 2730. The molecule has 5 nitrogen and oxygen atoms in total. The molecule has 0 fully saturated rings. The third-order valence-corrected chi connectivity index (χ3v) is 10.5. The molecule has 0 spiro atoms. The van der Waals surface area contributed by atoms with Crippen LogP contribution < -0.4 is 0 Å². The summed E-state index contributed by atoms with van der Waals surface area (Å²) in [6.07, 6.45) is 1.93. The van der Waals surface area contributed by atoms with Crippen molar-refractivity contribution in [3.8, 4) is 62.2 Å². The Kier molecular flexibility index (Phi) is 6.77. The van der Waals surface area contributed by atoms with Gasteiger partial charge in [-0.2, -0.15) is 0 Å². The summed E-state index contributed by atoms with van der Waals surface area (Å²) in [5, 5.41) is 2.44. The molecule has 3 aromatic heterocycles. The maximum atomic E-state index is 5.31. The highest BCUT2D eigenvalue weighted by molar-refractivity contribution is 6.13. The van der Waals surface area contributed by atoms with Crippen molar-refractivity contribution in [3.05, 3.63) is 175 Å². The van der Waals surface area contributed by atoms with Crippen molar-refractivity contribution in [2.75, 3.05) is 0 Å². The lowest BCUT2D eigenvalue weighted by Gasteiger charge is -2.36. The number of nitrogens with zero attached hydrogens (tertiary/aromatic N) is 5. The molecular formula is C47H33N5. The monoisotopic (exact) mass is 667 g/mol. The van der Waals surface area contributed by atoms with E-state index in [-0.39, 0.29) is 0 Å². The van der Waals surface area contributed by atoms with E-state index in [1.807, 2.05) is 66.9 Å². The van der Waals surface area contributed by atoms with Gasteiger partial charge in [0.25, 0.3) is 0 Å². The van der Waals surface area contributed by atoms with Gasteiger partial charge in [0.2, 0.25) is 0 Å². The number of fused-ring (bicyclic) bond motifs is 5. The summed E-state index contributed by atoms with van der Waals surface area (Å²) >= 11 is 0. The number of benzene rings is 6. The molecule has 0 aliphatic carbocycles. The van der Waals surface area contributed by atoms with Crippen LogP contribution in [0.2, 0.25) is 0 Å². The predicted octanol–water partition coefficient (Wildman–Crippen LogP) is 11.3. The molecule has 246 valence electrons. The normalized spacial score (nSPS) is 13.0. The first kappa shape index (κ1) is 30.1. The number of hydrogen-bond acceptors (Lipinski definition) is 4. The lowest BCUT2D eigenvalue weighted by molar-refractivity contribution is 0.626. The minimum absolute atomic E-state index is 0.410. The van der Waals surface area contributed by atoms with E-state index in [0.717, 1.165) is 33.6 Å². The molecule has 10 rings (SSSR count). The van der Waals surface area contributed by atoms with Gasteiger partial charge < -0.3 is 0 Å². The smallest absolute Gasteiger partial charge is 0.165 e. The standard InChI is InChI=1S/C47H33N5/c1-47(2)39-27-35(45-50-43(32-19-11-5-12-20-32)49-44(51-45)33-21-13-6-14-22-33)29-48-46(39)52-40-28-34(30-15-7-3-8-16-30)23-24-37(40)38-26-25-36(41(47)42(38)52)31-17-9-4-10-18-31/h3-29H,1-2H3. The number of aromatic nitrogens is 5. The van der Waals surface area contributed by atoms with Crippen LogP contribution >= 0.6 is 0 Å². The van der Waals surface area contributed by atoms with Crippen LogP contribution in [0.3, 0.4) is 0 Å². The highest BCUT2D eigenvalue weighted by Gasteiger charge is 2.38. The molecule has 1 aliphatic heterocycles. The van der Waals surface area contributed by atoms with Crippen molar-refractivity contribution in [2.45, 2.75) is 19.3 Å². The highest BCUT2D eigenvalue weighted by atomic mass is 15.1. The van der Waals surface area contributed by atoms with E-state index in [2.05, 4.69) is 115 Å². The maximum Gasteiger partial charge on any atom is 0.165 e. The molecule has 0 atom stereocenters. The van der Waals surface area contributed by atoms with Gasteiger partial charge in [-0.15, -0.1) is 0 Å². The first-order valence-corrected chi connectivity index (χ1v) is 17.7. The van der Waals surface area contributed by atoms with Crippen molar-refractivity contribution in [3.63, 3.8) is 0 Å². The van der Waals surface area contributed by atoms with Crippen LogP contribution in [0.4, 0.5) is 0 Å². The average Bonchev–Trinajstić information content (AvgIpc) is 3.54. The Morgan fingerprint density at radius 1 is 0.462 bits per heavy atom. The van der Waals surface area contributed by atoms with Gasteiger partial charge in [-0.25, -0.2) is 19.9 Å². The molecule has 0 bridgehead atoms. The van der Waals surface area contributed by atoms with Crippen LogP contribution in [0.15, 0.2) is 164 Å². The molecule has 5 heteroatoms. The molecule has 1 aliphatic rings. The summed E-state index contributed by atoms with van der Waals surface area (Å²) in [4.78, 5) is 20.4. The zero-order valence-corrected chi connectivity index (χ0v) is 28.8. The number of pyridine rings is 1. The molecule has 0 N–H and O–H groups in total. The fraction of sp³-hybridized carbons (Fsp3) is 0.0638. The van der Waals surface area contributed by atoms with Crippen molar-refractivity contribution in [1.29, 1.82) is 0 Å². The first-order valence-electron chi connectivity index (χ1n) is 17.7. The van der Waals surface area contributed by atoms with Gasteiger partial charge in [0.15, 0.2) is 17.5 Å². The van der Waals surface area contributed by atoms with E-state index in [1.165, 1.54) is 44.1 Å². The second-order valence-electron chi connectivity index (χ2n) is 13.9. The summed E-state index contributed by atoms with van der Waals surface area (Å²) < 4.78 is 2.39. The van der Waals surface area contributed by atoms with Gasteiger partial charge >= 0.3 is 0 Å². The Balaban J connectivity index is 1.25. The summed E-state index contributed by atoms with van der Waals surface area (Å²) in [6.45, 7) is 4.65. The van der Waals surface area contributed by atoms with Gasteiger partial charge in [-0.1, -0.05) is 159 Å². The summed E-state index contributed by atoms with van der Waals surface area (Å²) in [7, 11) is 0. The van der Waals surface area contributed by atoms with E-state index >= 15 is 0 Å². The lowest BCUT2D eigenvalue weighted by atomic mass is 9.72. The van der Waals surface area contributed by atoms with Crippen molar-refractivity contribution < 1.29 is 0 Å². The van der Waals surface area contributed by atoms with Crippen molar-refractivity contribution in [1.82, 2.24) is 24.5 Å². The zero-order chi connectivity index (χ0) is 34.8. The molecule has 4 heterocycles. The van der Waals surface area contributed by atoms with E-state index in [9.17, 15) is 0 Å². The maximum absolute atomic E-state index is 5.31. The Morgan fingerprint density at radius 3 is 1.58 bits per heavy atom. The average molecular weight is 668 g/mol. The molecular weight excluding hydrogens is 635 g/mol. The van der Waals surface area contributed by atoms with E-state index in [0.29, 0.717) is 17.5 Å². The van der Waals surface area contributed by atoms with Gasteiger partial charge in [-0.05, 0) is 39.9 Å². The quantitative estimate of drug-likeness (QED) is 0.183. The predicted molar refractivity (Wildman–Crippen MR) is 211 cm³/mol. The minimum atomic E-state index is -0.410. The van der Waals surface area contributed by atoms with Gasteiger partial charge in [0.1, 0.15) is 5.82 Å². The number of hydrogen-bond donors (Lipinski definition) is 0. The summed E-state index contributed by atoms with van der Waals surface area (Å²) in [5.41, 5.74) is 11.8. The highest BCUT2D eigenvalue weighted by Crippen LogP contribution is 2.51. The second-order valence-corrected chi connectivity index (χ2v) is 13.9. The largest absolute Gasteiger partial charge is 0.293 e. The van der Waals surface area contributed by atoms with Crippen LogP contribution in [0.25, 0.3) is 84.0 Å². The third kappa shape index (κ3) is 4.70. The molecule has 0 unspecified atom stereocenters. The second kappa shape index (κ2) is 11.7. The summed E-state index contributed by atoms with van der Waals surface area (Å²) in [6, 6.07) is 55.2. The van der Waals surface area contributed by atoms with E-state index < -0.39 is 5.41 Å². The van der Waals surface area contributed by atoms with Crippen molar-refractivity contribution in [2.24, 2.45) is 0 Å². The Morgan fingerprint density at radius 2 is 0.981 bits per heavy atom. The molecule has 6 aromatic carbocycles. The van der Waals surface area contributed by atoms with Crippen LogP contribution in [0, 0.1) is 0 Å². The first-order chi connectivity index (χ1) is 25.5. The molecule has 0 saturated carbocycles. The molecule has 0 saturated heterocycles. The SMILES string of the molecule is CC1(C)c2cc(-c3nc(-c4ccccc4)nc(-c4ccccc4)n3)cnc2-n2c3cc(-c4ccccc4)ccc3c3ccc(-c4ccccc4)c1c32. The topological polar surface area (TPSA) is 56.5 Å².